The van der Waals surface area contributed by atoms with Gasteiger partial charge in [-0.05, 0) is 19.9 Å². The van der Waals surface area contributed by atoms with Crippen LogP contribution in [0.5, 0.6) is 0 Å². The van der Waals surface area contributed by atoms with Gasteiger partial charge in [0.2, 0.25) is 0 Å². The summed E-state index contributed by atoms with van der Waals surface area (Å²) in [6, 6.07) is -1.08. The van der Waals surface area contributed by atoms with Gasteiger partial charge in [0.25, 0.3) is 0 Å². The van der Waals surface area contributed by atoms with Crippen LogP contribution in [0, 0.1) is 5.92 Å². The van der Waals surface area contributed by atoms with Crippen LogP contribution in [0.1, 0.15) is 46.0 Å². The number of epoxide rings is 1. The molecule has 3 fully saturated rings. The van der Waals surface area contributed by atoms with E-state index in [0.717, 1.165) is 0 Å². The van der Waals surface area contributed by atoms with Crippen molar-refractivity contribution in [3.63, 3.8) is 0 Å². The summed E-state index contributed by atoms with van der Waals surface area (Å²) in [7, 11) is 0. The van der Waals surface area contributed by atoms with Gasteiger partial charge in [0.1, 0.15) is 24.2 Å². The van der Waals surface area contributed by atoms with Crippen molar-refractivity contribution in [1.82, 2.24) is 0 Å². The SMILES string of the molecule is C[C@@H]1C/C=C/C=C/C=C/C=C/[C@H](O[C@@H]2O[C@H](C)[C@@H](O)[C@H](N)[C@@H]2O)C[C@@H]2O[C@](O)(C[C@@H](O)C[C@H]3O[C@@H]3/C=C/C(=O)O1)C[C@H](O)[C@H]2C(=O)O.[BaH2].[CaH2]. The molecule has 0 saturated carbocycles. The number of cyclic esters (lactones) is 1. The van der Waals surface area contributed by atoms with E-state index in [2.05, 4.69) is 0 Å². The maximum absolute atomic E-state index is 12.3. The fourth-order valence-electron chi connectivity index (χ4n) is 6.00. The summed E-state index contributed by atoms with van der Waals surface area (Å²) in [5, 5.41) is 63.9. The molecule has 0 aromatic heterocycles. The Morgan fingerprint density at radius 2 is 1.61 bits per heavy atom. The van der Waals surface area contributed by atoms with Crippen LogP contribution in [0.15, 0.2) is 60.8 Å². The van der Waals surface area contributed by atoms with E-state index in [1.54, 1.807) is 56.4 Å². The number of carboxylic acids is 1. The van der Waals surface area contributed by atoms with Gasteiger partial charge in [-0.25, -0.2) is 4.79 Å². The van der Waals surface area contributed by atoms with Crippen LogP contribution in [-0.4, -0.2) is 208 Å². The van der Waals surface area contributed by atoms with Crippen LogP contribution in [0.25, 0.3) is 0 Å². The molecule has 14 atom stereocenters. The molecule has 3 saturated heterocycles. The molecule has 4 rings (SSSR count). The minimum absolute atomic E-state index is 0. The number of hydrogen-bond donors (Lipinski definition) is 7. The zero-order chi connectivity index (χ0) is 34.3. The number of carbonyl (C=O) groups is 2. The number of ether oxygens (including phenoxy) is 5. The fraction of sp³-hybridized carbons (Fsp3) is 0.636. The summed E-state index contributed by atoms with van der Waals surface area (Å²) >= 11 is 0. The third-order valence-electron chi connectivity index (χ3n) is 8.58. The summed E-state index contributed by atoms with van der Waals surface area (Å²) in [6.45, 7) is 3.34. The Balaban J connectivity index is 0.00000417. The van der Waals surface area contributed by atoms with E-state index >= 15 is 0 Å². The van der Waals surface area contributed by atoms with Gasteiger partial charge in [0.15, 0.2) is 12.1 Å². The first-order valence-electron chi connectivity index (χ1n) is 15.9. The topological polar surface area (TPSA) is 231 Å². The average molecular weight is 847 g/mol. The van der Waals surface area contributed by atoms with Crippen LogP contribution in [0.3, 0.4) is 0 Å². The fourth-order valence-corrected chi connectivity index (χ4v) is 6.00. The molecule has 0 amide bonds. The van der Waals surface area contributed by atoms with Gasteiger partial charge in [0.05, 0.1) is 48.8 Å². The van der Waals surface area contributed by atoms with Gasteiger partial charge < -0.3 is 60.1 Å². The molecule has 4 heterocycles. The van der Waals surface area contributed by atoms with E-state index in [9.17, 15) is 40.2 Å². The van der Waals surface area contributed by atoms with Crippen LogP contribution in [-0.2, 0) is 33.3 Å². The summed E-state index contributed by atoms with van der Waals surface area (Å²) < 4.78 is 28.5. The zero-order valence-corrected chi connectivity index (χ0v) is 26.4. The number of esters is 1. The normalized spacial score (nSPS) is 45.3. The molecule has 49 heavy (non-hydrogen) atoms. The molecule has 4 aliphatic heterocycles. The Morgan fingerprint density at radius 3 is 2.31 bits per heavy atom. The first-order valence-corrected chi connectivity index (χ1v) is 15.9. The molecule has 0 aliphatic carbocycles. The summed E-state index contributed by atoms with van der Waals surface area (Å²) in [4.78, 5) is 24.4. The Morgan fingerprint density at radius 1 is 0.939 bits per heavy atom. The standard InChI is InChI=1S/C33H47NO13.Ba.Ca.4H/c1-18-10-8-6-4-3-5-7-9-11-21(45-32-30(39)28(34)29(38)19(2)44-32)15-25-27(31(40)41)22(36)17-33(42,47-25)16-20(35)14-24-23(46-24)12-13-26(37)43-18;;;;;;/h3-9,11-13,18-25,27-30,32,35-36,38-39,42H,10,14-17,34H2,1-2H3,(H,40,41);;;;;;/b4-3+,7-5+,8-6+,11-9+,13-12+;;;;;;/t18-,19-,20+,21+,22+,23-,24-,25+,27-,28+,29-,30+,32+,33-;;;;;;/m1....../s1. The molecular weight excluding hydrogens is 796 g/mol. The molecule has 0 aromatic rings. The zero-order valence-electron chi connectivity index (χ0n) is 26.4. The number of carbonyl (C=O) groups excluding carboxylic acids is 1. The van der Waals surface area contributed by atoms with E-state index in [-0.39, 0.29) is 112 Å². The van der Waals surface area contributed by atoms with Crippen LogP contribution in [0.2, 0.25) is 0 Å². The monoisotopic (exact) mass is 847 g/mol. The second-order valence-electron chi connectivity index (χ2n) is 12.6. The molecule has 8 N–H and O–H groups in total. The number of carboxylic acid groups (broad SMARTS) is 1. The van der Waals surface area contributed by atoms with Crippen molar-refractivity contribution in [3.05, 3.63) is 60.8 Å². The van der Waals surface area contributed by atoms with Crippen molar-refractivity contribution in [2.24, 2.45) is 11.7 Å². The second kappa shape index (κ2) is 21.1. The number of aliphatic hydroxyl groups excluding tert-OH is 4. The van der Waals surface area contributed by atoms with Gasteiger partial charge in [-0.15, -0.1) is 0 Å². The van der Waals surface area contributed by atoms with Crippen LogP contribution in [0.4, 0.5) is 0 Å². The van der Waals surface area contributed by atoms with E-state index in [0.29, 0.717) is 6.42 Å². The van der Waals surface area contributed by atoms with Gasteiger partial charge in [-0.3, -0.25) is 4.79 Å². The number of fused-ring (bicyclic) bond motifs is 3. The van der Waals surface area contributed by atoms with Gasteiger partial charge in [0, 0.05) is 38.2 Å². The molecule has 0 spiro atoms. The van der Waals surface area contributed by atoms with Crippen molar-refractivity contribution in [1.29, 1.82) is 0 Å². The van der Waals surface area contributed by atoms with Crippen molar-refractivity contribution in [3.8, 4) is 0 Å². The Labute approximate surface area is 356 Å². The predicted octanol–water partition coefficient (Wildman–Crippen LogP) is -1.71. The molecule has 0 unspecified atom stereocenters. The van der Waals surface area contributed by atoms with Gasteiger partial charge >= 0.3 is 98.6 Å². The third kappa shape index (κ3) is 13.8. The number of nitrogens with two attached hydrogens (primary N) is 1. The number of allylic oxidation sites excluding steroid dienone is 6. The van der Waals surface area contributed by atoms with E-state index < -0.39 is 97.3 Å². The number of aliphatic hydroxyl groups is 5. The maximum atomic E-state index is 12.3. The quantitative estimate of drug-likeness (QED) is 0.0954. The number of hydrogen-bond acceptors (Lipinski definition) is 13. The second-order valence-corrected chi connectivity index (χ2v) is 12.6. The first kappa shape index (κ1) is 45.2. The molecule has 4 aliphatic rings. The summed E-state index contributed by atoms with van der Waals surface area (Å²) in [5.74, 6) is -5.45. The van der Waals surface area contributed by atoms with Crippen LogP contribution >= 0.6 is 0 Å². The Bertz CT molecular complexity index is 1230. The van der Waals surface area contributed by atoms with Gasteiger partial charge in [-0.2, -0.15) is 0 Å². The first-order chi connectivity index (χ1) is 22.3. The molecule has 270 valence electrons. The third-order valence-corrected chi connectivity index (χ3v) is 8.58. The van der Waals surface area contributed by atoms with Crippen LogP contribution < -0.4 is 5.73 Å². The van der Waals surface area contributed by atoms with Crippen molar-refractivity contribution in [2.45, 2.75) is 125 Å². The predicted molar refractivity (Wildman–Crippen MR) is 182 cm³/mol. The summed E-state index contributed by atoms with van der Waals surface area (Å²) in [5.41, 5.74) is 5.98. The molecule has 16 heteroatoms. The van der Waals surface area contributed by atoms with Gasteiger partial charge in [-0.1, -0.05) is 48.6 Å². The molecule has 2 bridgehead atoms. The molecule has 0 radical (unpaired) electrons. The Kier molecular flexibility index (Phi) is 19.5. The summed E-state index contributed by atoms with van der Waals surface area (Å²) in [6.07, 6.45) is 5.25. The van der Waals surface area contributed by atoms with Crippen molar-refractivity contribution >= 4 is 98.6 Å². The minimum atomic E-state index is -2.10. The van der Waals surface area contributed by atoms with Crippen molar-refractivity contribution < 1.29 is 63.9 Å². The van der Waals surface area contributed by atoms with E-state index in [1.165, 1.54) is 12.2 Å². The number of aliphatic carboxylic acids is 1. The molecule has 14 nitrogen and oxygen atoms in total. The number of rotatable bonds is 3. The van der Waals surface area contributed by atoms with Crippen molar-refractivity contribution in [2.75, 3.05) is 0 Å². The Hall–Kier alpha value is 0.0712. The van der Waals surface area contributed by atoms with E-state index in [1.807, 2.05) is 6.08 Å². The molecular formula is C33H51BaCaNO13. The average Bonchev–Trinajstić information content (AvgIpc) is 3.72. The van der Waals surface area contributed by atoms with E-state index in [4.69, 9.17) is 29.4 Å². The molecule has 0 aromatic carbocycles.